The molecule has 5 heteroatoms. The molecule has 0 atom stereocenters. The average molecular weight is 312 g/mol. The van der Waals surface area contributed by atoms with Crippen LogP contribution in [0.25, 0.3) is 0 Å². The van der Waals surface area contributed by atoms with Gasteiger partial charge in [-0.1, -0.05) is 6.92 Å². The third-order valence-electron chi connectivity index (χ3n) is 3.03. The number of pyridine rings is 1. The number of carbonyl (C=O) groups excluding carboxylic acids is 1. The van der Waals surface area contributed by atoms with Crippen molar-refractivity contribution in [3.8, 4) is 0 Å². The number of rotatable bonds is 5. The molecule has 0 spiro atoms. The van der Waals surface area contributed by atoms with E-state index in [9.17, 15) is 4.79 Å². The summed E-state index contributed by atoms with van der Waals surface area (Å²) < 4.78 is 0.831. The van der Waals surface area contributed by atoms with E-state index >= 15 is 0 Å². The fraction of sp³-hybridized carbons (Fsp3) is 0.538. The number of aromatic nitrogens is 1. The summed E-state index contributed by atoms with van der Waals surface area (Å²) in [6.07, 6.45) is 4.94. The van der Waals surface area contributed by atoms with E-state index in [1.807, 2.05) is 11.0 Å². The highest BCUT2D eigenvalue weighted by Gasteiger charge is 2.33. The van der Waals surface area contributed by atoms with E-state index < -0.39 is 0 Å². The van der Waals surface area contributed by atoms with Crippen molar-refractivity contribution in [1.82, 2.24) is 9.88 Å². The highest BCUT2D eigenvalue weighted by Crippen LogP contribution is 2.30. The first-order chi connectivity index (χ1) is 8.67. The van der Waals surface area contributed by atoms with Crippen molar-refractivity contribution in [3.05, 3.63) is 22.3 Å². The van der Waals surface area contributed by atoms with E-state index in [0.717, 1.165) is 30.3 Å². The molecular weight excluding hydrogens is 294 g/mol. The van der Waals surface area contributed by atoms with Gasteiger partial charge in [-0.3, -0.25) is 4.79 Å². The minimum Gasteiger partial charge on any atom is -0.372 e. The number of carbonyl (C=O) groups is 1. The second kappa shape index (κ2) is 5.69. The Morgan fingerprint density at radius 1 is 1.61 bits per heavy atom. The van der Waals surface area contributed by atoms with Crippen LogP contribution in [0.5, 0.6) is 0 Å². The molecule has 1 N–H and O–H groups in total. The molecule has 0 radical (unpaired) electrons. The number of nitrogens with zero attached hydrogens (tertiary/aromatic N) is 2. The molecule has 1 fully saturated rings. The van der Waals surface area contributed by atoms with Crippen LogP contribution in [-0.2, 0) is 0 Å². The lowest BCUT2D eigenvalue weighted by atomic mass is 10.2. The lowest BCUT2D eigenvalue weighted by molar-refractivity contribution is 0.0743. The van der Waals surface area contributed by atoms with Crippen LogP contribution in [0.3, 0.4) is 0 Å². The van der Waals surface area contributed by atoms with Gasteiger partial charge in [0, 0.05) is 30.3 Å². The van der Waals surface area contributed by atoms with Crippen LogP contribution in [0.1, 0.15) is 36.5 Å². The Kier molecular flexibility index (Phi) is 4.22. The predicted molar refractivity (Wildman–Crippen MR) is 75.8 cm³/mol. The largest absolute Gasteiger partial charge is 0.372 e. The number of hydrogen-bond acceptors (Lipinski definition) is 3. The van der Waals surface area contributed by atoms with Crippen molar-refractivity contribution in [2.45, 2.75) is 32.2 Å². The van der Waals surface area contributed by atoms with Crippen molar-refractivity contribution in [1.29, 1.82) is 0 Å². The lowest BCUT2D eigenvalue weighted by Crippen LogP contribution is -2.34. The van der Waals surface area contributed by atoms with Crippen LogP contribution in [0, 0.1) is 0 Å². The minimum absolute atomic E-state index is 0.0810. The van der Waals surface area contributed by atoms with Crippen molar-refractivity contribution in [2.75, 3.05) is 18.9 Å². The maximum absolute atomic E-state index is 12.6. The van der Waals surface area contributed by atoms with E-state index in [0.29, 0.717) is 17.4 Å². The Balaban J connectivity index is 2.28. The number of amides is 1. The quantitative estimate of drug-likeness (QED) is 0.909. The van der Waals surface area contributed by atoms with Gasteiger partial charge in [0.15, 0.2) is 0 Å². The van der Waals surface area contributed by atoms with E-state index in [4.69, 9.17) is 0 Å². The zero-order valence-electron chi connectivity index (χ0n) is 10.7. The first kappa shape index (κ1) is 13.3. The summed E-state index contributed by atoms with van der Waals surface area (Å²) >= 11 is 3.37. The summed E-state index contributed by atoms with van der Waals surface area (Å²) in [5.74, 6) is 0.724. The third kappa shape index (κ3) is 2.83. The normalized spacial score (nSPS) is 14.4. The minimum atomic E-state index is 0.0810. The highest BCUT2D eigenvalue weighted by atomic mass is 79.9. The van der Waals surface area contributed by atoms with E-state index in [1.54, 1.807) is 13.2 Å². The Bertz CT molecular complexity index is 446. The fourth-order valence-electron chi connectivity index (χ4n) is 2.03. The Labute approximate surface area is 116 Å². The molecule has 0 bridgehead atoms. The van der Waals surface area contributed by atoms with Crippen LogP contribution < -0.4 is 5.32 Å². The average Bonchev–Trinajstić information content (AvgIpc) is 3.19. The monoisotopic (exact) mass is 311 g/mol. The second-order valence-corrected chi connectivity index (χ2v) is 5.45. The Morgan fingerprint density at radius 3 is 2.89 bits per heavy atom. The first-order valence-electron chi connectivity index (χ1n) is 6.31. The van der Waals surface area contributed by atoms with Gasteiger partial charge in [0.1, 0.15) is 5.82 Å². The highest BCUT2D eigenvalue weighted by molar-refractivity contribution is 9.10. The standard InChI is InChI=1S/C13H18BrN3O/c1-3-6-17(10-4-5-10)13(18)11-7-9(14)8-16-12(11)15-2/h7-8,10H,3-6H2,1-2H3,(H,15,16). The SMILES string of the molecule is CCCN(C(=O)c1cc(Br)cnc1NC)C1CC1. The summed E-state index contributed by atoms with van der Waals surface area (Å²) in [6.45, 7) is 2.92. The van der Waals surface area contributed by atoms with Gasteiger partial charge in [-0.2, -0.15) is 0 Å². The van der Waals surface area contributed by atoms with Crippen LogP contribution in [0.15, 0.2) is 16.7 Å². The fourth-order valence-corrected chi connectivity index (χ4v) is 2.36. The molecule has 2 rings (SSSR count). The summed E-state index contributed by atoms with van der Waals surface area (Å²) in [6, 6.07) is 2.27. The second-order valence-electron chi connectivity index (χ2n) is 4.53. The van der Waals surface area contributed by atoms with Crippen molar-refractivity contribution in [2.24, 2.45) is 0 Å². The topological polar surface area (TPSA) is 45.2 Å². The first-order valence-corrected chi connectivity index (χ1v) is 7.11. The molecule has 1 aromatic rings. The summed E-state index contributed by atoms with van der Waals surface area (Å²) in [4.78, 5) is 18.8. The van der Waals surface area contributed by atoms with E-state index in [2.05, 4.69) is 33.2 Å². The third-order valence-corrected chi connectivity index (χ3v) is 3.47. The molecule has 1 amide bonds. The van der Waals surface area contributed by atoms with Gasteiger partial charge in [-0.25, -0.2) is 4.98 Å². The number of anilines is 1. The van der Waals surface area contributed by atoms with Gasteiger partial charge in [0.2, 0.25) is 0 Å². The lowest BCUT2D eigenvalue weighted by Gasteiger charge is -2.22. The van der Waals surface area contributed by atoms with Crippen molar-refractivity contribution < 1.29 is 4.79 Å². The predicted octanol–water partition coefficient (Wildman–Crippen LogP) is 2.90. The molecule has 1 aromatic heterocycles. The molecule has 1 aliphatic carbocycles. The molecule has 0 aliphatic heterocycles. The van der Waals surface area contributed by atoms with Crippen LogP contribution in [0.4, 0.5) is 5.82 Å². The van der Waals surface area contributed by atoms with Gasteiger partial charge < -0.3 is 10.2 Å². The zero-order valence-corrected chi connectivity index (χ0v) is 12.3. The molecule has 1 heterocycles. The van der Waals surface area contributed by atoms with Gasteiger partial charge >= 0.3 is 0 Å². The smallest absolute Gasteiger partial charge is 0.257 e. The molecule has 1 aliphatic rings. The molecule has 0 unspecified atom stereocenters. The maximum atomic E-state index is 12.6. The molecule has 0 saturated heterocycles. The molecule has 4 nitrogen and oxygen atoms in total. The van der Waals surface area contributed by atoms with E-state index in [-0.39, 0.29) is 5.91 Å². The van der Waals surface area contributed by atoms with Crippen LogP contribution in [0.2, 0.25) is 0 Å². The maximum Gasteiger partial charge on any atom is 0.257 e. The Hall–Kier alpha value is -1.10. The number of hydrogen-bond donors (Lipinski definition) is 1. The zero-order chi connectivity index (χ0) is 13.1. The molecular formula is C13H18BrN3O. The van der Waals surface area contributed by atoms with E-state index in [1.165, 1.54) is 0 Å². The van der Waals surface area contributed by atoms with Crippen molar-refractivity contribution >= 4 is 27.7 Å². The molecule has 98 valence electrons. The number of halogens is 1. The Morgan fingerprint density at radius 2 is 2.33 bits per heavy atom. The van der Waals surface area contributed by atoms with Gasteiger partial charge in [-0.15, -0.1) is 0 Å². The van der Waals surface area contributed by atoms with Crippen LogP contribution in [-0.4, -0.2) is 35.4 Å². The van der Waals surface area contributed by atoms with Gasteiger partial charge in [0.05, 0.1) is 5.56 Å². The number of nitrogens with one attached hydrogen (secondary N) is 1. The molecule has 18 heavy (non-hydrogen) atoms. The molecule has 0 aromatic carbocycles. The van der Waals surface area contributed by atoms with Gasteiger partial charge in [-0.05, 0) is 41.3 Å². The molecule has 1 saturated carbocycles. The van der Waals surface area contributed by atoms with Crippen molar-refractivity contribution in [3.63, 3.8) is 0 Å². The summed E-state index contributed by atoms with van der Waals surface area (Å²) in [5.41, 5.74) is 0.646. The van der Waals surface area contributed by atoms with Crippen LogP contribution >= 0.6 is 15.9 Å². The van der Waals surface area contributed by atoms with Gasteiger partial charge in [0.25, 0.3) is 5.91 Å². The summed E-state index contributed by atoms with van der Waals surface area (Å²) in [5, 5.41) is 2.98. The summed E-state index contributed by atoms with van der Waals surface area (Å²) in [7, 11) is 1.79.